The van der Waals surface area contributed by atoms with Crippen molar-refractivity contribution < 1.29 is 27.4 Å². The van der Waals surface area contributed by atoms with Crippen molar-refractivity contribution in [2.45, 2.75) is 11.9 Å². The van der Waals surface area contributed by atoms with Gasteiger partial charge in [-0.2, -0.15) is 0 Å². The number of fused-ring (bicyclic) bond motifs is 4. The maximum Gasteiger partial charge on any atom is 0.573 e. The molecule has 10 heteroatoms. The van der Waals surface area contributed by atoms with Crippen molar-refractivity contribution >= 4 is 6.02 Å². The topological polar surface area (TPSA) is 91.9 Å². The van der Waals surface area contributed by atoms with Crippen molar-refractivity contribution in [1.29, 1.82) is 0 Å². The van der Waals surface area contributed by atoms with E-state index in [0.29, 0.717) is 17.1 Å². The molecule has 180 valence electrons. The molecular weight excluding hydrogens is 473 g/mol. The number of hydrogen-bond donors (Lipinski definition) is 1. The van der Waals surface area contributed by atoms with Gasteiger partial charge in [0.15, 0.2) is 5.54 Å². The van der Waals surface area contributed by atoms with Crippen molar-refractivity contribution in [2.75, 3.05) is 6.61 Å². The first-order valence-electron chi connectivity index (χ1n) is 10.9. The molecule has 1 atom stereocenters. The quantitative estimate of drug-likeness (QED) is 0.413. The molecule has 1 aromatic heterocycles. The fourth-order valence-electron chi connectivity index (χ4n) is 4.51. The predicted molar refractivity (Wildman–Crippen MR) is 124 cm³/mol. The van der Waals surface area contributed by atoms with Crippen LogP contribution in [-0.4, -0.2) is 29.0 Å². The molecular formula is C26H17F3N4O3. The molecule has 2 N–H and O–H groups in total. The number of rotatable bonds is 3. The summed E-state index contributed by atoms with van der Waals surface area (Å²) in [5.74, 6) is 0.907. The summed E-state index contributed by atoms with van der Waals surface area (Å²) >= 11 is 0. The van der Waals surface area contributed by atoms with E-state index in [9.17, 15) is 13.2 Å². The Bertz CT molecular complexity index is 1490. The summed E-state index contributed by atoms with van der Waals surface area (Å²) in [6, 6.07) is 17.0. The van der Waals surface area contributed by atoms with E-state index in [1.807, 2.05) is 30.3 Å². The Morgan fingerprint density at radius 2 is 1.39 bits per heavy atom. The Kier molecular flexibility index (Phi) is 4.85. The molecule has 1 spiro atoms. The van der Waals surface area contributed by atoms with Gasteiger partial charge in [-0.1, -0.05) is 24.3 Å². The Labute approximate surface area is 203 Å². The molecule has 4 aromatic rings. The number of amidine groups is 1. The Balaban J connectivity index is 1.45. The Morgan fingerprint density at radius 3 is 1.94 bits per heavy atom. The summed E-state index contributed by atoms with van der Waals surface area (Å²) in [5.41, 5.74) is 9.66. The summed E-state index contributed by atoms with van der Waals surface area (Å²) in [7, 11) is 0. The Morgan fingerprint density at radius 1 is 0.806 bits per heavy atom. The van der Waals surface area contributed by atoms with E-state index in [1.165, 1.54) is 18.5 Å². The second kappa shape index (κ2) is 7.98. The SMILES string of the molecule is NC1=N[C@]2(CO1)c1cc(-c3ccc(OC(F)(F)F)cc3)ccc1Oc1ccc(-c3cncnc3)cc12. The van der Waals surface area contributed by atoms with Gasteiger partial charge in [0, 0.05) is 29.1 Å². The zero-order chi connectivity index (χ0) is 24.9. The van der Waals surface area contributed by atoms with Crippen LogP contribution in [0.3, 0.4) is 0 Å². The lowest BCUT2D eigenvalue weighted by Crippen LogP contribution is -2.31. The minimum absolute atomic E-state index is 0.0568. The summed E-state index contributed by atoms with van der Waals surface area (Å²) < 4.78 is 53.4. The molecule has 0 aliphatic carbocycles. The van der Waals surface area contributed by atoms with Crippen LogP contribution in [0.4, 0.5) is 13.2 Å². The smallest absolute Gasteiger partial charge is 0.462 e. The molecule has 2 aliphatic rings. The lowest BCUT2D eigenvalue weighted by atomic mass is 9.79. The summed E-state index contributed by atoms with van der Waals surface area (Å²) in [6.07, 6.45) is 0.135. The second-order valence-electron chi connectivity index (χ2n) is 8.32. The molecule has 0 bridgehead atoms. The van der Waals surface area contributed by atoms with Crippen LogP contribution in [0.1, 0.15) is 11.1 Å². The van der Waals surface area contributed by atoms with E-state index >= 15 is 0 Å². The first kappa shape index (κ1) is 21.9. The zero-order valence-corrected chi connectivity index (χ0v) is 18.5. The molecule has 0 fully saturated rings. The van der Waals surface area contributed by atoms with Crippen molar-refractivity contribution in [3.05, 3.63) is 90.5 Å². The van der Waals surface area contributed by atoms with Crippen LogP contribution in [-0.2, 0) is 10.3 Å². The molecule has 0 saturated carbocycles. The van der Waals surface area contributed by atoms with E-state index in [0.717, 1.165) is 27.8 Å². The fourth-order valence-corrected chi connectivity index (χ4v) is 4.51. The minimum atomic E-state index is -4.75. The van der Waals surface area contributed by atoms with Crippen LogP contribution in [0.2, 0.25) is 0 Å². The van der Waals surface area contributed by atoms with E-state index < -0.39 is 11.9 Å². The normalized spacial score (nSPS) is 18.0. The first-order chi connectivity index (χ1) is 17.3. The summed E-state index contributed by atoms with van der Waals surface area (Å²) in [4.78, 5) is 12.9. The standard InChI is InChI=1S/C26H17F3N4O3/c27-26(28,29)36-19-5-1-15(2-6-19)16-3-7-22-20(9-16)25(13-34-24(30)33-25)21-10-17(4-8-23(21)35-22)18-11-31-14-32-12-18/h1-12,14H,13H2,(H2,30,33)/t25-/m1/s1. The second-order valence-corrected chi connectivity index (χ2v) is 8.32. The van der Waals surface area contributed by atoms with Gasteiger partial charge in [-0.25, -0.2) is 15.0 Å². The average Bonchev–Trinajstić information content (AvgIpc) is 3.26. The molecule has 3 aromatic carbocycles. The molecule has 0 radical (unpaired) electrons. The number of aromatic nitrogens is 2. The van der Waals surface area contributed by atoms with Crippen molar-refractivity contribution in [1.82, 2.24) is 9.97 Å². The monoisotopic (exact) mass is 490 g/mol. The third-order valence-corrected chi connectivity index (χ3v) is 6.12. The van der Waals surface area contributed by atoms with E-state index in [2.05, 4.69) is 14.7 Å². The predicted octanol–water partition coefficient (Wildman–Crippen LogP) is 5.40. The number of aliphatic imine (C=N–C) groups is 1. The molecule has 2 aliphatic heterocycles. The number of halogens is 3. The van der Waals surface area contributed by atoms with E-state index in [4.69, 9.17) is 20.2 Å². The van der Waals surface area contributed by atoms with Crippen molar-refractivity contribution in [3.63, 3.8) is 0 Å². The van der Waals surface area contributed by atoms with Crippen LogP contribution in [0.5, 0.6) is 17.2 Å². The van der Waals surface area contributed by atoms with Crippen LogP contribution in [0.15, 0.2) is 84.4 Å². The zero-order valence-electron chi connectivity index (χ0n) is 18.5. The number of hydrogen-bond acceptors (Lipinski definition) is 7. The van der Waals surface area contributed by atoms with Gasteiger partial charge >= 0.3 is 6.36 Å². The third-order valence-electron chi connectivity index (χ3n) is 6.12. The number of nitrogens with two attached hydrogens (primary N) is 1. The molecule has 0 unspecified atom stereocenters. The fraction of sp³-hybridized carbons (Fsp3) is 0.115. The van der Waals surface area contributed by atoms with Gasteiger partial charge in [0.2, 0.25) is 0 Å². The molecule has 0 saturated heterocycles. The highest BCUT2D eigenvalue weighted by atomic mass is 19.4. The van der Waals surface area contributed by atoms with Crippen LogP contribution < -0.4 is 15.2 Å². The van der Waals surface area contributed by atoms with Crippen LogP contribution in [0.25, 0.3) is 22.3 Å². The highest BCUT2D eigenvalue weighted by Crippen LogP contribution is 2.52. The maximum atomic E-state index is 12.5. The lowest BCUT2D eigenvalue weighted by molar-refractivity contribution is -0.274. The van der Waals surface area contributed by atoms with Crippen molar-refractivity contribution in [3.8, 4) is 39.5 Å². The Hall–Kier alpha value is -4.60. The van der Waals surface area contributed by atoms with Gasteiger partial charge in [0.25, 0.3) is 6.02 Å². The highest BCUT2D eigenvalue weighted by molar-refractivity contribution is 5.79. The van der Waals surface area contributed by atoms with Gasteiger partial charge in [-0.15, -0.1) is 13.2 Å². The number of benzene rings is 3. The van der Waals surface area contributed by atoms with Gasteiger partial charge in [0.05, 0.1) is 0 Å². The highest BCUT2D eigenvalue weighted by Gasteiger charge is 2.47. The first-order valence-corrected chi connectivity index (χ1v) is 10.9. The van der Waals surface area contributed by atoms with Gasteiger partial charge in [-0.3, -0.25) is 0 Å². The maximum absolute atomic E-state index is 12.5. The van der Waals surface area contributed by atoms with Gasteiger partial charge < -0.3 is 19.9 Å². The molecule has 7 nitrogen and oxygen atoms in total. The van der Waals surface area contributed by atoms with E-state index in [-0.39, 0.29) is 18.4 Å². The molecule has 6 rings (SSSR count). The van der Waals surface area contributed by atoms with Crippen LogP contribution in [0, 0.1) is 0 Å². The lowest BCUT2D eigenvalue weighted by Gasteiger charge is -2.34. The number of alkyl halides is 3. The van der Waals surface area contributed by atoms with E-state index in [1.54, 1.807) is 30.6 Å². The van der Waals surface area contributed by atoms with Crippen LogP contribution >= 0.6 is 0 Å². The number of nitrogens with zero attached hydrogens (tertiary/aromatic N) is 3. The minimum Gasteiger partial charge on any atom is -0.462 e. The van der Waals surface area contributed by atoms with Crippen molar-refractivity contribution in [2.24, 2.45) is 10.7 Å². The number of ether oxygens (including phenoxy) is 3. The third kappa shape index (κ3) is 3.76. The summed E-state index contributed by atoms with van der Waals surface area (Å²) in [5, 5.41) is 0. The van der Waals surface area contributed by atoms with Gasteiger partial charge in [0.1, 0.15) is 30.2 Å². The average molecular weight is 490 g/mol. The van der Waals surface area contributed by atoms with Gasteiger partial charge in [-0.05, 0) is 53.1 Å². The molecule has 36 heavy (non-hydrogen) atoms. The molecule has 0 amide bonds. The largest absolute Gasteiger partial charge is 0.573 e. The molecule has 3 heterocycles. The summed E-state index contributed by atoms with van der Waals surface area (Å²) in [6.45, 7) is 0.165.